The molecule has 0 spiro atoms. The first-order valence-corrected chi connectivity index (χ1v) is 6.07. The van der Waals surface area contributed by atoms with E-state index < -0.39 is 31.0 Å². The molecule has 19 heavy (non-hydrogen) atoms. The molecule has 1 N–H and O–H groups in total. The van der Waals surface area contributed by atoms with Gasteiger partial charge in [0.1, 0.15) is 6.33 Å². The first kappa shape index (κ1) is 15.5. The summed E-state index contributed by atoms with van der Waals surface area (Å²) in [6.07, 6.45) is -3.59. The van der Waals surface area contributed by atoms with E-state index in [9.17, 15) is 18.0 Å². The number of carbonyl (C=O) groups excluding carboxylic acids is 1. The van der Waals surface area contributed by atoms with E-state index in [1.807, 2.05) is 6.92 Å². The molecule has 8 heteroatoms. The van der Waals surface area contributed by atoms with Gasteiger partial charge in [-0.3, -0.25) is 4.79 Å². The monoisotopic (exact) mass is 278 g/mol. The standard InChI is InChI=1S/C11H17F3N4O/c1-3-6-18-7-15-17-10(18)8(2)16-9(19)4-5-11(12,13)14/h7-8H,3-6H2,1-2H3,(H,16,19). The SMILES string of the molecule is CCCn1cnnc1C(C)NC(=O)CCC(F)(F)F. The molecule has 1 unspecified atom stereocenters. The number of amides is 1. The highest BCUT2D eigenvalue weighted by Crippen LogP contribution is 2.21. The van der Waals surface area contributed by atoms with Crippen molar-refractivity contribution in [2.24, 2.45) is 0 Å². The van der Waals surface area contributed by atoms with E-state index in [1.54, 1.807) is 11.5 Å². The number of carbonyl (C=O) groups is 1. The molecule has 0 bridgehead atoms. The number of hydrogen-bond acceptors (Lipinski definition) is 3. The van der Waals surface area contributed by atoms with Crippen molar-refractivity contribution in [2.75, 3.05) is 0 Å². The van der Waals surface area contributed by atoms with E-state index in [1.165, 1.54) is 6.33 Å². The molecular weight excluding hydrogens is 261 g/mol. The molecule has 1 aromatic rings. The minimum atomic E-state index is -4.32. The first-order valence-electron chi connectivity index (χ1n) is 6.07. The average molecular weight is 278 g/mol. The van der Waals surface area contributed by atoms with Gasteiger partial charge in [0, 0.05) is 13.0 Å². The van der Waals surface area contributed by atoms with E-state index in [0.717, 1.165) is 6.42 Å². The van der Waals surface area contributed by atoms with E-state index >= 15 is 0 Å². The molecule has 0 saturated heterocycles. The fraction of sp³-hybridized carbons (Fsp3) is 0.727. The van der Waals surface area contributed by atoms with Gasteiger partial charge in [-0.05, 0) is 13.3 Å². The summed E-state index contributed by atoms with van der Waals surface area (Å²) in [5, 5.41) is 10.1. The average Bonchev–Trinajstić information content (AvgIpc) is 2.74. The Kier molecular flexibility index (Phi) is 5.31. The molecule has 0 radical (unpaired) electrons. The normalized spacial score (nSPS) is 13.3. The van der Waals surface area contributed by atoms with Crippen LogP contribution in [0.3, 0.4) is 0 Å². The molecular formula is C11H17F3N4O. The van der Waals surface area contributed by atoms with Crippen LogP contribution >= 0.6 is 0 Å². The van der Waals surface area contributed by atoms with Crippen molar-refractivity contribution in [3.63, 3.8) is 0 Å². The van der Waals surface area contributed by atoms with E-state index in [0.29, 0.717) is 12.4 Å². The van der Waals surface area contributed by atoms with Crippen molar-refractivity contribution in [3.05, 3.63) is 12.2 Å². The van der Waals surface area contributed by atoms with Gasteiger partial charge in [0.25, 0.3) is 0 Å². The quantitative estimate of drug-likeness (QED) is 0.868. The van der Waals surface area contributed by atoms with E-state index in [-0.39, 0.29) is 0 Å². The number of aromatic nitrogens is 3. The minimum Gasteiger partial charge on any atom is -0.346 e. The second-order valence-electron chi connectivity index (χ2n) is 4.29. The molecule has 5 nitrogen and oxygen atoms in total. The number of nitrogens with one attached hydrogen (secondary N) is 1. The van der Waals surface area contributed by atoms with Crippen molar-refractivity contribution in [1.82, 2.24) is 20.1 Å². The summed E-state index contributed by atoms with van der Waals surface area (Å²) >= 11 is 0. The van der Waals surface area contributed by atoms with Gasteiger partial charge in [-0.15, -0.1) is 10.2 Å². The second-order valence-corrected chi connectivity index (χ2v) is 4.29. The first-order chi connectivity index (χ1) is 8.83. The Morgan fingerprint density at radius 3 is 2.79 bits per heavy atom. The Morgan fingerprint density at radius 1 is 1.53 bits per heavy atom. The van der Waals surface area contributed by atoms with Gasteiger partial charge >= 0.3 is 6.18 Å². The molecule has 0 aromatic carbocycles. The number of rotatable bonds is 6. The van der Waals surface area contributed by atoms with Crippen LogP contribution in [0.4, 0.5) is 13.2 Å². The van der Waals surface area contributed by atoms with E-state index in [4.69, 9.17) is 0 Å². The maximum absolute atomic E-state index is 12.0. The van der Waals surface area contributed by atoms with Gasteiger partial charge in [0.05, 0.1) is 12.5 Å². The smallest absolute Gasteiger partial charge is 0.346 e. The van der Waals surface area contributed by atoms with Crippen LogP contribution in [0.2, 0.25) is 0 Å². The van der Waals surface area contributed by atoms with Crippen LogP contribution in [0, 0.1) is 0 Å². The summed E-state index contributed by atoms with van der Waals surface area (Å²) in [6.45, 7) is 4.35. The number of halogens is 3. The third-order valence-corrected chi connectivity index (χ3v) is 2.51. The minimum absolute atomic E-state index is 0.463. The molecule has 0 aliphatic carbocycles. The lowest BCUT2D eigenvalue weighted by atomic mass is 10.2. The molecule has 1 heterocycles. The largest absolute Gasteiger partial charge is 0.389 e. The summed E-state index contributed by atoms with van der Waals surface area (Å²) in [5.74, 6) is -0.0990. The zero-order valence-corrected chi connectivity index (χ0v) is 10.9. The third kappa shape index (κ3) is 5.27. The van der Waals surface area contributed by atoms with Gasteiger partial charge in [-0.2, -0.15) is 13.2 Å². The molecule has 0 aliphatic heterocycles. The molecule has 1 atom stereocenters. The number of nitrogens with zero attached hydrogens (tertiary/aromatic N) is 3. The van der Waals surface area contributed by atoms with Gasteiger partial charge in [0.2, 0.25) is 5.91 Å². The lowest BCUT2D eigenvalue weighted by Crippen LogP contribution is -2.29. The number of hydrogen-bond donors (Lipinski definition) is 1. The van der Waals surface area contributed by atoms with Crippen LogP contribution < -0.4 is 5.32 Å². The predicted octanol–water partition coefficient (Wildman–Crippen LogP) is 2.21. The lowest BCUT2D eigenvalue weighted by Gasteiger charge is -2.14. The van der Waals surface area contributed by atoms with Gasteiger partial charge in [-0.25, -0.2) is 0 Å². The van der Waals surface area contributed by atoms with Crippen molar-refractivity contribution in [1.29, 1.82) is 0 Å². The lowest BCUT2D eigenvalue weighted by molar-refractivity contribution is -0.144. The fourth-order valence-electron chi connectivity index (χ4n) is 1.65. The maximum atomic E-state index is 12.0. The summed E-state index contributed by atoms with van der Waals surface area (Å²) in [6, 6.07) is -0.463. The van der Waals surface area contributed by atoms with Crippen molar-refractivity contribution in [3.8, 4) is 0 Å². The van der Waals surface area contributed by atoms with E-state index in [2.05, 4.69) is 15.5 Å². The summed E-state index contributed by atoms with van der Waals surface area (Å²) in [4.78, 5) is 11.4. The van der Waals surface area contributed by atoms with Crippen LogP contribution in [0.5, 0.6) is 0 Å². The Balaban J connectivity index is 2.52. The molecule has 0 fully saturated rings. The van der Waals surface area contributed by atoms with Gasteiger partial charge in [-0.1, -0.05) is 6.92 Å². The maximum Gasteiger partial charge on any atom is 0.389 e. The van der Waals surface area contributed by atoms with Crippen molar-refractivity contribution < 1.29 is 18.0 Å². The van der Waals surface area contributed by atoms with Crippen LogP contribution in [-0.4, -0.2) is 26.8 Å². The highest BCUT2D eigenvalue weighted by atomic mass is 19.4. The highest BCUT2D eigenvalue weighted by Gasteiger charge is 2.28. The molecule has 1 amide bonds. The summed E-state index contributed by atoms with van der Waals surface area (Å²) < 4.78 is 37.7. The van der Waals surface area contributed by atoms with Crippen LogP contribution in [-0.2, 0) is 11.3 Å². The zero-order chi connectivity index (χ0) is 14.5. The van der Waals surface area contributed by atoms with Crippen LogP contribution in [0.15, 0.2) is 6.33 Å². The highest BCUT2D eigenvalue weighted by molar-refractivity contribution is 5.76. The Labute approximate surface area is 109 Å². The zero-order valence-electron chi connectivity index (χ0n) is 10.9. The second kappa shape index (κ2) is 6.53. The number of alkyl halides is 3. The van der Waals surface area contributed by atoms with Gasteiger partial charge < -0.3 is 9.88 Å². The van der Waals surface area contributed by atoms with Crippen LogP contribution in [0.1, 0.15) is 45.0 Å². The van der Waals surface area contributed by atoms with Crippen molar-refractivity contribution in [2.45, 2.75) is 51.9 Å². The molecule has 0 saturated carbocycles. The van der Waals surface area contributed by atoms with Crippen LogP contribution in [0.25, 0.3) is 0 Å². The Bertz CT molecular complexity index is 416. The molecule has 108 valence electrons. The summed E-state index contributed by atoms with van der Waals surface area (Å²) in [7, 11) is 0. The molecule has 0 aliphatic rings. The fourth-order valence-corrected chi connectivity index (χ4v) is 1.65. The number of aryl methyl sites for hydroxylation is 1. The third-order valence-electron chi connectivity index (χ3n) is 2.51. The Morgan fingerprint density at radius 2 is 2.21 bits per heavy atom. The molecule has 1 rings (SSSR count). The topological polar surface area (TPSA) is 59.8 Å². The molecule has 1 aromatic heterocycles. The van der Waals surface area contributed by atoms with Gasteiger partial charge in [0.15, 0.2) is 5.82 Å². The van der Waals surface area contributed by atoms with Crippen molar-refractivity contribution >= 4 is 5.91 Å². The summed E-state index contributed by atoms with van der Waals surface area (Å²) in [5.41, 5.74) is 0. The Hall–Kier alpha value is -1.60. The predicted molar refractivity (Wildman–Crippen MR) is 62.2 cm³/mol.